The summed E-state index contributed by atoms with van der Waals surface area (Å²) in [7, 11) is 0. The van der Waals surface area contributed by atoms with Crippen LogP contribution in [-0.2, 0) is 6.54 Å². The van der Waals surface area contributed by atoms with Crippen molar-refractivity contribution in [1.29, 1.82) is 0 Å². The van der Waals surface area contributed by atoms with E-state index < -0.39 is 6.10 Å². The van der Waals surface area contributed by atoms with Gasteiger partial charge in [0.2, 0.25) is 0 Å². The van der Waals surface area contributed by atoms with Crippen molar-refractivity contribution >= 4 is 11.6 Å². The second kappa shape index (κ2) is 3.90. The third kappa shape index (κ3) is 1.97. The minimum Gasteiger partial charge on any atom is -0.389 e. The van der Waals surface area contributed by atoms with Gasteiger partial charge in [-0.3, -0.25) is 0 Å². The Morgan fingerprint density at radius 1 is 1.58 bits per heavy atom. The molecule has 1 aromatic rings. The van der Waals surface area contributed by atoms with Crippen LogP contribution in [0.3, 0.4) is 0 Å². The minimum atomic E-state index is -0.512. The smallest absolute Gasteiger partial charge is 0.0765 e. The van der Waals surface area contributed by atoms with E-state index in [2.05, 4.69) is 0 Å². The summed E-state index contributed by atoms with van der Waals surface area (Å²) in [5.74, 6) is 0. The normalized spacial score (nSPS) is 13.0. The van der Waals surface area contributed by atoms with E-state index in [4.69, 9.17) is 17.3 Å². The number of aliphatic hydroxyl groups excluding tert-OH is 1. The number of hydrogen-bond acceptors (Lipinski definition) is 2. The summed E-state index contributed by atoms with van der Waals surface area (Å²) in [6.45, 7) is 2.13. The lowest BCUT2D eigenvalue weighted by atomic mass is 10.0. The van der Waals surface area contributed by atoms with Gasteiger partial charge in [-0.25, -0.2) is 0 Å². The van der Waals surface area contributed by atoms with Gasteiger partial charge >= 0.3 is 0 Å². The van der Waals surface area contributed by atoms with Crippen LogP contribution < -0.4 is 5.73 Å². The summed E-state index contributed by atoms with van der Waals surface area (Å²) in [6, 6.07) is 5.36. The van der Waals surface area contributed by atoms with E-state index >= 15 is 0 Å². The summed E-state index contributed by atoms with van der Waals surface area (Å²) >= 11 is 5.77. The quantitative estimate of drug-likeness (QED) is 0.739. The first kappa shape index (κ1) is 9.52. The first-order valence-corrected chi connectivity index (χ1v) is 4.19. The maximum Gasteiger partial charge on any atom is 0.0765 e. The van der Waals surface area contributed by atoms with E-state index in [1.807, 2.05) is 6.07 Å². The summed E-state index contributed by atoms with van der Waals surface area (Å²) in [5.41, 5.74) is 7.23. The largest absolute Gasteiger partial charge is 0.389 e. The maximum absolute atomic E-state index is 9.35. The van der Waals surface area contributed by atoms with Crippen molar-refractivity contribution in [2.45, 2.75) is 19.6 Å². The van der Waals surface area contributed by atoms with Crippen LogP contribution >= 0.6 is 11.6 Å². The lowest BCUT2D eigenvalue weighted by Gasteiger charge is -2.10. The lowest BCUT2D eigenvalue weighted by Crippen LogP contribution is -2.03. The van der Waals surface area contributed by atoms with E-state index in [1.54, 1.807) is 19.1 Å². The summed E-state index contributed by atoms with van der Waals surface area (Å²) < 4.78 is 0. The van der Waals surface area contributed by atoms with Gasteiger partial charge in [-0.1, -0.05) is 17.7 Å². The molecule has 0 spiro atoms. The number of rotatable bonds is 2. The predicted molar refractivity (Wildman–Crippen MR) is 50.0 cm³/mol. The standard InChI is InChI=1S/C9H12ClNO/c1-6(12)9-4-8(10)3-2-7(9)5-11/h2-4,6,12H,5,11H2,1H3/t6-/m1/s1. The van der Waals surface area contributed by atoms with Crippen LogP contribution in [0.1, 0.15) is 24.2 Å². The molecule has 1 atom stereocenters. The molecule has 0 heterocycles. The molecule has 0 fully saturated rings. The molecule has 2 nitrogen and oxygen atoms in total. The van der Waals surface area contributed by atoms with Crippen molar-refractivity contribution in [3.8, 4) is 0 Å². The van der Waals surface area contributed by atoms with Crippen LogP contribution in [0.2, 0.25) is 5.02 Å². The zero-order valence-corrected chi connectivity index (χ0v) is 7.67. The highest BCUT2D eigenvalue weighted by Gasteiger charge is 2.06. The van der Waals surface area contributed by atoms with Gasteiger partial charge in [-0.2, -0.15) is 0 Å². The summed E-state index contributed by atoms with van der Waals surface area (Å²) in [4.78, 5) is 0. The molecule has 1 aromatic carbocycles. The SMILES string of the molecule is C[C@@H](O)c1cc(Cl)ccc1CN. The van der Waals surface area contributed by atoms with Gasteiger partial charge in [0, 0.05) is 11.6 Å². The molecule has 0 saturated carbocycles. The molecule has 12 heavy (non-hydrogen) atoms. The van der Waals surface area contributed by atoms with Crippen LogP contribution in [-0.4, -0.2) is 5.11 Å². The van der Waals surface area contributed by atoms with E-state index in [0.29, 0.717) is 11.6 Å². The van der Waals surface area contributed by atoms with Crippen LogP contribution in [0.15, 0.2) is 18.2 Å². The molecule has 3 N–H and O–H groups in total. The first-order chi connectivity index (χ1) is 5.65. The van der Waals surface area contributed by atoms with Gasteiger partial charge in [0.15, 0.2) is 0 Å². The van der Waals surface area contributed by atoms with Crippen LogP contribution in [0, 0.1) is 0 Å². The van der Waals surface area contributed by atoms with Gasteiger partial charge in [0.05, 0.1) is 6.10 Å². The summed E-state index contributed by atoms with van der Waals surface area (Å²) in [6.07, 6.45) is -0.512. The predicted octanol–water partition coefficient (Wildman–Crippen LogP) is 1.85. The van der Waals surface area contributed by atoms with Crippen molar-refractivity contribution in [2.75, 3.05) is 0 Å². The highest BCUT2D eigenvalue weighted by Crippen LogP contribution is 2.21. The van der Waals surface area contributed by atoms with Crippen molar-refractivity contribution in [1.82, 2.24) is 0 Å². The summed E-state index contributed by atoms with van der Waals surface area (Å²) in [5, 5.41) is 9.97. The van der Waals surface area contributed by atoms with Crippen LogP contribution in [0.4, 0.5) is 0 Å². The molecule has 0 amide bonds. The Labute approximate surface area is 77.0 Å². The fraction of sp³-hybridized carbons (Fsp3) is 0.333. The molecule has 0 bridgehead atoms. The monoisotopic (exact) mass is 185 g/mol. The zero-order valence-electron chi connectivity index (χ0n) is 6.92. The molecular formula is C9H12ClNO. The Balaban J connectivity index is 3.12. The molecule has 0 aliphatic heterocycles. The molecule has 0 aliphatic rings. The average Bonchev–Trinajstić information content (AvgIpc) is 2.04. The first-order valence-electron chi connectivity index (χ1n) is 3.81. The van der Waals surface area contributed by atoms with Gasteiger partial charge < -0.3 is 10.8 Å². The third-order valence-electron chi connectivity index (χ3n) is 1.78. The van der Waals surface area contributed by atoms with E-state index in [0.717, 1.165) is 11.1 Å². The number of benzene rings is 1. The molecular weight excluding hydrogens is 174 g/mol. The van der Waals surface area contributed by atoms with Gasteiger partial charge in [0.1, 0.15) is 0 Å². The van der Waals surface area contributed by atoms with E-state index in [-0.39, 0.29) is 0 Å². The molecule has 0 saturated heterocycles. The maximum atomic E-state index is 9.35. The molecule has 3 heteroatoms. The van der Waals surface area contributed by atoms with Gasteiger partial charge in [-0.05, 0) is 30.2 Å². The molecule has 1 rings (SSSR count). The van der Waals surface area contributed by atoms with Crippen molar-refractivity contribution < 1.29 is 5.11 Å². The Morgan fingerprint density at radius 2 is 2.25 bits per heavy atom. The van der Waals surface area contributed by atoms with E-state index in [9.17, 15) is 5.11 Å². The second-order valence-electron chi connectivity index (χ2n) is 2.72. The Hall–Kier alpha value is -0.570. The van der Waals surface area contributed by atoms with Gasteiger partial charge in [0.25, 0.3) is 0 Å². The lowest BCUT2D eigenvalue weighted by molar-refractivity contribution is 0.198. The van der Waals surface area contributed by atoms with E-state index in [1.165, 1.54) is 0 Å². The molecule has 66 valence electrons. The average molecular weight is 186 g/mol. The molecule has 0 aliphatic carbocycles. The number of nitrogens with two attached hydrogens (primary N) is 1. The second-order valence-corrected chi connectivity index (χ2v) is 3.16. The third-order valence-corrected chi connectivity index (χ3v) is 2.01. The van der Waals surface area contributed by atoms with Crippen LogP contribution in [0.5, 0.6) is 0 Å². The van der Waals surface area contributed by atoms with Crippen molar-refractivity contribution in [2.24, 2.45) is 5.73 Å². The Kier molecular flexibility index (Phi) is 3.09. The van der Waals surface area contributed by atoms with Crippen LogP contribution in [0.25, 0.3) is 0 Å². The number of hydrogen-bond donors (Lipinski definition) is 2. The van der Waals surface area contributed by atoms with Crippen molar-refractivity contribution in [3.63, 3.8) is 0 Å². The fourth-order valence-corrected chi connectivity index (χ4v) is 1.32. The number of halogens is 1. The highest BCUT2D eigenvalue weighted by molar-refractivity contribution is 6.30. The molecule has 0 unspecified atom stereocenters. The topological polar surface area (TPSA) is 46.2 Å². The number of aliphatic hydroxyl groups is 1. The Morgan fingerprint density at radius 3 is 2.75 bits per heavy atom. The molecule has 0 radical (unpaired) electrons. The molecule has 0 aromatic heterocycles. The van der Waals surface area contributed by atoms with Gasteiger partial charge in [-0.15, -0.1) is 0 Å². The minimum absolute atomic E-state index is 0.428. The van der Waals surface area contributed by atoms with Crippen molar-refractivity contribution in [3.05, 3.63) is 34.3 Å². The Bertz CT molecular complexity index is 273. The highest BCUT2D eigenvalue weighted by atomic mass is 35.5. The zero-order chi connectivity index (χ0) is 9.14. The fourth-order valence-electron chi connectivity index (χ4n) is 1.14.